The monoisotopic (exact) mass is 267 g/mol. The number of ether oxygens (including phenoxy) is 1. The first kappa shape index (κ1) is 12.7. The van der Waals surface area contributed by atoms with Crippen LogP contribution >= 0.6 is 0 Å². The Balaban J connectivity index is 1.97. The zero-order valence-electron chi connectivity index (χ0n) is 11.6. The number of carbonyl (C=O) groups excluding carboxylic acids is 1. The van der Waals surface area contributed by atoms with Gasteiger partial charge in [-0.2, -0.15) is 0 Å². The number of fused-ring (bicyclic) bond motifs is 1. The summed E-state index contributed by atoms with van der Waals surface area (Å²) >= 11 is 0. The van der Waals surface area contributed by atoms with Gasteiger partial charge in [-0.15, -0.1) is 0 Å². The minimum absolute atomic E-state index is 0.00246. The van der Waals surface area contributed by atoms with Crippen molar-refractivity contribution < 1.29 is 9.53 Å². The summed E-state index contributed by atoms with van der Waals surface area (Å²) in [5, 5.41) is 0. The van der Waals surface area contributed by atoms with Gasteiger partial charge in [0.1, 0.15) is 5.75 Å². The second-order valence-corrected chi connectivity index (χ2v) is 5.08. The molecule has 0 radical (unpaired) electrons. The molecule has 2 aromatic rings. The third-order valence-electron chi connectivity index (χ3n) is 3.89. The van der Waals surface area contributed by atoms with Crippen LogP contribution in [0.3, 0.4) is 0 Å². The Morgan fingerprint density at radius 3 is 2.45 bits per heavy atom. The van der Waals surface area contributed by atoms with E-state index in [-0.39, 0.29) is 18.2 Å². The molecule has 20 heavy (non-hydrogen) atoms. The van der Waals surface area contributed by atoms with Gasteiger partial charge < -0.3 is 4.74 Å². The molecule has 1 heterocycles. The van der Waals surface area contributed by atoms with Gasteiger partial charge in [0, 0.05) is 5.56 Å². The Hall–Kier alpha value is -2.29. The molecular weight excluding hydrogens is 250 g/mol. The number of amides is 1. The zero-order valence-corrected chi connectivity index (χ0v) is 11.6. The van der Waals surface area contributed by atoms with Gasteiger partial charge in [0.05, 0.1) is 12.1 Å². The summed E-state index contributed by atoms with van der Waals surface area (Å²) in [5.74, 6) is 0.668. The molecule has 102 valence electrons. The second-order valence-electron chi connectivity index (χ2n) is 5.08. The molecule has 2 atom stereocenters. The number of nitrogens with zero attached hydrogens (tertiary/aromatic N) is 1. The summed E-state index contributed by atoms with van der Waals surface area (Å²) in [7, 11) is 0. The molecule has 0 fully saturated rings. The lowest BCUT2D eigenvalue weighted by Gasteiger charge is -2.38. The van der Waals surface area contributed by atoms with E-state index in [1.54, 1.807) is 4.90 Å². The van der Waals surface area contributed by atoms with Crippen molar-refractivity contribution in [3.8, 4) is 5.75 Å². The van der Waals surface area contributed by atoms with E-state index in [1.165, 1.54) is 0 Å². The van der Waals surface area contributed by atoms with Gasteiger partial charge in [-0.3, -0.25) is 4.90 Å². The highest BCUT2D eigenvalue weighted by molar-refractivity contribution is 5.75. The largest absolute Gasteiger partial charge is 0.416 e. The van der Waals surface area contributed by atoms with Crippen molar-refractivity contribution in [3.05, 3.63) is 65.7 Å². The number of para-hydroxylation sites is 1. The smallest absolute Gasteiger partial charge is 0.410 e. The predicted molar refractivity (Wildman–Crippen MR) is 77.6 cm³/mol. The molecule has 0 saturated carbocycles. The van der Waals surface area contributed by atoms with E-state index in [9.17, 15) is 4.79 Å². The topological polar surface area (TPSA) is 29.5 Å². The van der Waals surface area contributed by atoms with E-state index in [1.807, 2.05) is 68.4 Å². The summed E-state index contributed by atoms with van der Waals surface area (Å²) in [4.78, 5) is 14.1. The van der Waals surface area contributed by atoms with Crippen molar-refractivity contribution in [2.45, 2.75) is 25.9 Å². The maximum atomic E-state index is 12.3. The van der Waals surface area contributed by atoms with Crippen LogP contribution in [0.25, 0.3) is 0 Å². The number of benzene rings is 2. The Morgan fingerprint density at radius 1 is 1.05 bits per heavy atom. The van der Waals surface area contributed by atoms with Gasteiger partial charge >= 0.3 is 6.09 Å². The molecule has 0 saturated heterocycles. The molecule has 1 aliphatic rings. The fraction of sp³-hybridized carbons (Fsp3) is 0.235. The normalized spacial score (nSPS) is 19.2. The molecule has 3 nitrogen and oxygen atoms in total. The van der Waals surface area contributed by atoms with Crippen LogP contribution < -0.4 is 4.74 Å². The van der Waals surface area contributed by atoms with Gasteiger partial charge in [-0.05, 0) is 25.5 Å². The third-order valence-corrected chi connectivity index (χ3v) is 3.89. The van der Waals surface area contributed by atoms with Crippen LogP contribution in [0.1, 0.15) is 37.1 Å². The molecule has 3 heteroatoms. The number of hydrogen-bond donors (Lipinski definition) is 0. The van der Waals surface area contributed by atoms with Gasteiger partial charge in [-0.25, -0.2) is 4.79 Å². The van der Waals surface area contributed by atoms with Crippen molar-refractivity contribution >= 4 is 6.09 Å². The predicted octanol–water partition coefficient (Wildman–Crippen LogP) is 4.32. The van der Waals surface area contributed by atoms with Crippen molar-refractivity contribution in [2.75, 3.05) is 0 Å². The molecule has 0 aromatic heterocycles. The molecule has 0 aliphatic carbocycles. The van der Waals surface area contributed by atoms with E-state index >= 15 is 0 Å². The summed E-state index contributed by atoms with van der Waals surface area (Å²) < 4.78 is 5.44. The molecule has 0 N–H and O–H groups in total. The summed E-state index contributed by atoms with van der Waals surface area (Å²) in [6.45, 7) is 4.07. The number of carbonyl (C=O) groups is 1. The van der Waals surface area contributed by atoms with Gasteiger partial charge in [-0.1, -0.05) is 48.5 Å². The lowest BCUT2D eigenvalue weighted by atomic mass is 10.00. The number of hydrogen-bond acceptors (Lipinski definition) is 2. The Kier molecular flexibility index (Phi) is 3.18. The van der Waals surface area contributed by atoms with Crippen LogP contribution in [0.5, 0.6) is 5.75 Å². The minimum atomic E-state index is -0.285. The first-order valence-electron chi connectivity index (χ1n) is 6.82. The van der Waals surface area contributed by atoms with E-state index in [4.69, 9.17) is 4.74 Å². The highest BCUT2D eigenvalue weighted by atomic mass is 16.6. The Morgan fingerprint density at radius 2 is 1.70 bits per heavy atom. The van der Waals surface area contributed by atoms with Gasteiger partial charge in [0.2, 0.25) is 0 Å². The molecule has 1 unspecified atom stereocenters. The average Bonchev–Trinajstić information content (AvgIpc) is 2.48. The molecule has 0 spiro atoms. The van der Waals surface area contributed by atoms with Crippen molar-refractivity contribution in [3.63, 3.8) is 0 Å². The molecule has 0 bridgehead atoms. The maximum Gasteiger partial charge on any atom is 0.416 e. The highest BCUT2D eigenvalue weighted by Crippen LogP contribution is 2.39. The third kappa shape index (κ3) is 2.05. The second kappa shape index (κ2) is 5.00. The average molecular weight is 267 g/mol. The van der Waals surface area contributed by atoms with E-state index < -0.39 is 0 Å². The summed E-state index contributed by atoms with van der Waals surface area (Å²) in [6.07, 6.45) is -0.285. The fourth-order valence-electron chi connectivity index (χ4n) is 2.76. The van der Waals surface area contributed by atoms with Gasteiger partial charge in [0.15, 0.2) is 0 Å². The van der Waals surface area contributed by atoms with Crippen LogP contribution in [-0.2, 0) is 0 Å². The first-order chi connectivity index (χ1) is 9.68. The lowest BCUT2D eigenvalue weighted by Crippen LogP contribution is -2.41. The van der Waals surface area contributed by atoms with Crippen molar-refractivity contribution in [2.24, 2.45) is 0 Å². The quantitative estimate of drug-likeness (QED) is 0.810. The van der Waals surface area contributed by atoms with Crippen molar-refractivity contribution in [1.29, 1.82) is 0 Å². The van der Waals surface area contributed by atoms with Crippen LogP contribution in [-0.4, -0.2) is 11.0 Å². The van der Waals surface area contributed by atoms with Crippen LogP contribution in [0.15, 0.2) is 54.6 Å². The van der Waals surface area contributed by atoms with E-state index in [0.717, 1.165) is 11.1 Å². The lowest BCUT2D eigenvalue weighted by molar-refractivity contribution is 0.0992. The van der Waals surface area contributed by atoms with E-state index in [0.29, 0.717) is 5.75 Å². The molecule has 1 amide bonds. The molecule has 1 aliphatic heterocycles. The summed E-state index contributed by atoms with van der Waals surface area (Å²) in [6, 6.07) is 17.7. The van der Waals surface area contributed by atoms with Crippen LogP contribution in [0.4, 0.5) is 4.79 Å². The van der Waals surface area contributed by atoms with Crippen LogP contribution in [0, 0.1) is 0 Å². The number of rotatable bonds is 2. The molecule has 2 aromatic carbocycles. The zero-order chi connectivity index (χ0) is 14.1. The highest BCUT2D eigenvalue weighted by Gasteiger charge is 2.34. The SMILES string of the molecule is CC1c2ccccc2OC(=O)N1[C@@H](C)c1ccccc1. The standard InChI is InChI=1S/C17H17NO2/c1-12(14-8-4-3-5-9-14)18-13(2)15-10-6-7-11-16(15)20-17(18)19/h3-13H,1-2H3/t12-,13?/m0/s1. The Bertz CT molecular complexity index is 624. The summed E-state index contributed by atoms with van der Waals surface area (Å²) in [5.41, 5.74) is 2.16. The van der Waals surface area contributed by atoms with Crippen LogP contribution in [0.2, 0.25) is 0 Å². The fourth-order valence-corrected chi connectivity index (χ4v) is 2.76. The Labute approximate surface area is 118 Å². The molecular formula is C17H17NO2. The van der Waals surface area contributed by atoms with Crippen molar-refractivity contribution in [1.82, 2.24) is 4.90 Å². The first-order valence-corrected chi connectivity index (χ1v) is 6.82. The maximum absolute atomic E-state index is 12.3. The molecule has 3 rings (SSSR count). The minimum Gasteiger partial charge on any atom is -0.410 e. The van der Waals surface area contributed by atoms with Gasteiger partial charge in [0.25, 0.3) is 0 Å². The van der Waals surface area contributed by atoms with E-state index in [2.05, 4.69) is 0 Å².